The van der Waals surface area contributed by atoms with E-state index in [1.54, 1.807) is 0 Å². The number of carboxylic acids is 1. The average molecular weight is 787 g/mol. The lowest BCUT2D eigenvalue weighted by Gasteiger charge is -2.42. The van der Waals surface area contributed by atoms with E-state index < -0.39 is 145 Å². The first kappa shape index (κ1) is 40.4. The molecule has 3 aromatic rings. The monoisotopic (exact) mass is 786 g/mol. The van der Waals surface area contributed by atoms with E-state index in [0.717, 1.165) is 12.1 Å². The minimum Gasteiger partial charge on any atom is -0.508 e. The normalized spacial score (nSPS) is 36.7. The Hall–Kier alpha value is -4.24. The summed E-state index contributed by atoms with van der Waals surface area (Å²) in [6.45, 7) is -1.49. The molecule has 4 heterocycles. The van der Waals surface area contributed by atoms with Gasteiger partial charge in [-0.05, 0) is 24.3 Å². The molecule has 1 aromatic heterocycles. The summed E-state index contributed by atoms with van der Waals surface area (Å²) in [5.74, 6) is -4.27. The molecule has 0 saturated carbocycles. The molecule has 0 radical (unpaired) electrons. The minimum atomic E-state index is -2.06. The van der Waals surface area contributed by atoms with Gasteiger partial charge in [0.2, 0.25) is 23.8 Å². The van der Waals surface area contributed by atoms with Gasteiger partial charge in [0.1, 0.15) is 95.4 Å². The van der Waals surface area contributed by atoms with Gasteiger partial charge in [-0.15, -0.1) is 0 Å². The molecule has 22 heteroatoms. The highest BCUT2D eigenvalue weighted by Crippen LogP contribution is 2.39. The van der Waals surface area contributed by atoms with Gasteiger partial charge in [-0.3, -0.25) is 4.79 Å². The molecule has 6 rings (SSSR count). The molecule has 3 aliphatic heterocycles. The summed E-state index contributed by atoms with van der Waals surface area (Å²) in [4.78, 5) is 25.6. The van der Waals surface area contributed by atoms with E-state index in [0.29, 0.717) is 0 Å². The van der Waals surface area contributed by atoms with Crippen molar-refractivity contribution in [2.45, 2.75) is 92.1 Å². The molecule has 0 unspecified atom stereocenters. The third kappa shape index (κ3) is 7.78. The maximum Gasteiger partial charge on any atom is 0.335 e. The maximum atomic E-state index is 14.0. The van der Waals surface area contributed by atoms with Gasteiger partial charge in [0.15, 0.2) is 18.2 Å². The van der Waals surface area contributed by atoms with Gasteiger partial charge < -0.3 is 99.2 Å². The lowest BCUT2D eigenvalue weighted by Crippen LogP contribution is -2.62. The summed E-state index contributed by atoms with van der Waals surface area (Å²) in [5.41, 5.74) is -1.47. The van der Waals surface area contributed by atoms with Crippen molar-refractivity contribution in [1.82, 2.24) is 0 Å². The number of carboxylic acid groups (broad SMARTS) is 1. The number of aliphatic carboxylic acids is 1. The van der Waals surface area contributed by atoms with Crippen molar-refractivity contribution in [3.8, 4) is 34.3 Å². The number of carbonyl (C=O) groups is 1. The molecule has 3 aliphatic rings. The Morgan fingerprint density at radius 1 is 0.673 bits per heavy atom. The molecule has 302 valence electrons. The van der Waals surface area contributed by atoms with Gasteiger partial charge in [-0.25, -0.2) is 4.79 Å². The Labute approximate surface area is 307 Å². The molecule has 2 aromatic carbocycles. The first-order chi connectivity index (χ1) is 26.0. The van der Waals surface area contributed by atoms with E-state index in [-0.39, 0.29) is 17.1 Å². The summed E-state index contributed by atoms with van der Waals surface area (Å²) in [7, 11) is 0. The van der Waals surface area contributed by atoms with Crippen LogP contribution in [-0.2, 0) is 23.7 Å². The van der Waals surface area contributed by atoms with Crippen molar-refractivity contribution in [3.05, 3.63) is 46.6 Å². The summed E-state index contributed by atoms with van der Waals surface area (Å²) in [6, 6.07) is 6.84. The number of phenols is 2. The highest BCUT2D eigenvalue weighted by atomic mass is 16.7. The number of aromatic hydroxyl groups is 2. The summed E-state index contributed by atoms with van der Waals surface area (Å²) in [6.07, 6.45) is -27.9. The highest BCUT2D eigenvalue weighted by Gasteiger charge is 2.50. The quantitative estimate of drug-likeness (QED) is 0.0916. The zero-order valence-corrected chi connectivity index (χ0v) is 28.0. The summed E-state index contributed by atoms with van der Waals surface area (Å²) >= 11 is 0. The third-order valence-electron chi connectivity index (χ3n) is 9.28. The SMILES string of the molecule is O=C(O)[C@H]1O[C@@H](Oc2cc(O)c3c(=O)c(O[C@@H]4O[C@H](CO[C@@H]5O[C@H](CO)[C@@H](O)[C@H](O)[C@@H]5O)[C@@H](O)[C@@H](O)[C@@H]4O)c(-c4ccc(O)cc4)oc3c2)[C@H](O)[C@@H](O)[C@@H]1O. The molecule has 13 N–H and O–H groups in total. The number of benzene rings is 2. The van der Waals surface area contributed by atoms with Gasteiger partial charge in [-0.1, -0.05) is 0 Å². The van der Waals surface area contributed by atoms with Gasteiger partial charge in [0.25, 0.3) is 0 Å². The molecule has 15 atom stereocenters. The van der Waals surface area contributed by atoms with Crippen LogP contribution >= 0.6 is 0 Å². The molecule has 0 spiro atoms. The molecular formula is C33H38O22. The van der Waals surface area contributed by atoms with Gasteiger partial charge >= 0.3 is 5.97 Å². The van der Waals surface area contributed by atoms with Crippen molar-refractivity contribution in [3.63, 3.8) is 0 Å². The fraction of sp³-hybridized carbons (Fsp3) is 0.515. The van der Waals surface area contributed by atoms with Crippen LogP contribution in [-0.4, -0.2) is 178 Å². The average Bonchev–Trinajstić information content (AvgIpc) is 3.15. The highest BCUT2D eigenvalue weighted by molar-refractivity contribution is 5.88. The van der Waals surface area contributed by atoms with Crippen molar-refractivity contribution in [2.75, 3.05) is 13.2 Å². The van der Waals surface area contributed by atoms with Crippen LogP contribution in [0.2, 0.25) is 0 Å². The molecule has 22 nitrogen and oxygen atoms in total. The van der Waals surface area contributed by atoms with Crippen LogP contribution in [0.5, 0.6) is 23.0 Å². The molecule has 55 heavy (non-hydrogen) atoms. The summed E-state index contributed by atoms with van der Waals surface area (Å²) in [5, 5.41) is 132. The number of phenolic OH excluding ortho intramolecular Hbond substituents is 2. The second-order valence-electron chi connectivity index (χ2n) is 13.0. The Morgan fingerprint density at radius 2 is 1.24 bits per heavy atom. The van der Waals surface area contributed by atoms with E-state index in [1.807, 2.05) is 0 Å². The number of hydrogen-bond acceptors (Lipinski definition) is 21. The maximum absolute atomic E-state index is 14.0. The molecule has 3 fully saturated rings. The summed E-state index contributed by atoms with van der Waals surface area (Å²) < 4.78 is 38.6. The Balaban J connectivity index is 1.31. The second kappa shape index (κ2) is 16.1. The molecule has 0 aliphatic carbocycles. The van der Waals surface area contributed by atoms with Gasteiger partial charge in [0, 0.05) is 17.7 Å². The van der Waals surface area contributed by atoms with Crippen LogP contribution in [0.25, 0.3) is 22.3 Å². The minimum absolute atomic E-state index is 0.0541. The van der Waals surface area contributed by atoms with Crippen LogP contribution in [0.1, 0.15) is 0 Å². The van der Waals surface area contributed by atoms with Crippen LogP contribution < -0.4 is 14.9 Å². The number of rotatable bonds is 10. The molecule has 3 saturated heterocycles. The first-order valence-electron chi connectivity index (χ1n) is 16.5. The first-order valence-corrected chi connectivity index (χ1v) is 16.5. The zero-order valence-electron chi connectivity index (χ0n) is 28.0. The van der Waals surface area contributed by atoms with Crippen molar-refractivity contribution >= 4 is 16.9 Å². The van der Waals surface area contributed by atoms with E-state index in [4.69, 9.17) is 32.8 Å². The number of hydrogen-bond donors (Lipinski definition) is 13. The lowest BCUT2D eigenvalue weighted by molar-refractivity contribution is -0.323. The molecular weight excluding hydrogens is 748 g/mol. The Bertz CT molecular complexity index is 1880. The van der Waals surface area contributed by atoms with Crippen LogP contribution in [0, 0.1) is 0 Å². The predicted molar refractivity (Wildman–Crippen MR) is 173 cm³/mol. The van der Waals surface area contributed by atoms with Crippen molar-refractivity contribution < 1.29 is 104 Å². The fourth-order valence-electron chi connectivity index (χ4n) is 6.18. The van der Waals surface area contributed by atoms with E-state index >= 15 is 0 Å². The van der Waals surface area contributed by atoms with E-state index in [1.165, 1.54) is 24.3 Å². The number of ether oxygens (including phenoxy) is 6. The topological polar surface area (TPSA) is 366 Å². The lowest BCUT2D eigenvalue weighted by atomic mass is 9.98. The van der Waals surface area contributed by atoms with Crippen LogP contribution in [0.4, 0.5) is 0 Å². The van der Waals surface area contributed by atoms with Gasteiger partial charge in [0.05, 0.1) is 13.2 Å². The van der Waals surface area contributed by atoms with Crippen LogP contribution in [0.15, 0.2) is 45.6 Å². The number of fused-ring (bicyclic) bond motifs is 1. The Kier molecular flexibility index (Phi) is 11.8. The predicted octanol–water partition coefficient (Wildman–Crippen LogP) is -4.85. The van der Waals surface area contributed by atoms with Gasteiger partial charge in [-0.2, -0.15) is 0 Å². The number of aliphatic hydroxyl groups is 10. The van der Waals surface area contributed by atoms with E-state index in [9.17, 15) is 76.0 Å². The third-order valence-corrected chi connectivity index (χ3v) is 9.28. The number of aliphatic hydroxyl groups excluding tert-OH is 10. The Morgan fingerprint density at radius 3 is 1.85 bits per heavy atom. The van der Waals surface area contributed by atoms with Crippen LogP contribution in [0.3, 0.4) is 0 Å². The largest absolute Gasteiger partial charge is 0.508 e. The zero-order chi connectivity index (χ0) is 40.0. The molecule has 0 bridgehead atoms. The molecule has 0 amide bonds. The van der Waals surface area contributed by atoms with Crippen molar-refractivity contribution in [1.29, 1.82) is 0 Å². The standard InChI is InChI=1S/C33H38O22/c34-7-14-17(37)20(40)24(44)31(52-14)49-8-15-18(38)21(41)25(45)33(53-15)54-28-19(39)16-12(36)5-11(6-13(16)51-27(28)9-1-3-10(35)4-2-9)50-32-26(46)22(42)23(43)29(55-32)30(47)48/h1-6,14-15,17-18,20-26,29,31-38,40-46H,7-8H2,(H,47,48)/t14-,15-,17-,18-,20+,21-,22+,23+,24+,25+,26-,29+,31-,32-,33+/m1/s1. The fourth-order valence-corrected chi connectivity index (χ4v) is 6.18. The second-order valence-corrected chi connectivity index (χ2v) is 13.0. The smallest absolute Gasteiger partial charge is 0.335 e. The van der Waals surface area contributed by atoms with Crippen molar-refractivity contribution in [2.24, 2.45) is 0 Å². The van der Waals surface area contributed by atoms with E-state index in [2.05, 4.69) is 0 Å².